The molecule has 2 aromatic heterocycles. The number of rotatable bonds is 9. The molecule has 0 fully saturated rings. The molecule has 2 N–H and O–H groups in total. The lowest BCUT2D eigenvalue weighted by Gasteiger charge is -2.05. The summed E-state index contributed by atoms with van der Waals surface area (Å²) < 4.78 is 6.47. The van der Waals surface area contributed by atoms with Crippen LogP contribution in [-0.2, 0) is 17.8 Å². The van der Waals surface area contributed by atoms with E-state index in [9.17, 15) is 19.7 Å². The fourth-order valence-electron chi connectivity index (χ4n) is 3.47. The minimum Gasteiger partial charge on any atom is -0.407 e. The van der Waals surface area contributed by atoms with Crippen molar-refractivity contribution in [3.8, 4) is 0 Å². The van der Waals surface area contributed by atoms with E-state index in [0.717, 1.165) is 29.7 Å². The average Bonchev–Trinajstić information content (AvgIpc) is 3.30. The molecule has 0 radical (unpaired) electrons. The normalized spacial score (nSPS) is 11.2. The molecule has 0 unspecified atom stereocenters. The first-order valence-electron chi connectivity index (χ1n) is 9.99. The number of aromatic nitrogens is 3. The quantitative estimate of drug-likeness (QED) is 0.241. The third-order valence-corrected chi connectivity index (χ3v) is 5.00. The molecule has 0 aliphatic rings. The number of aromatic amines is 1. The Kier molecular flexibility index (Phi) is 5.78. The number of benzene rings is 2. The van der Waals surface area contributed by atoms with Gasteiger partial charge in [0.2, 0.25) is 5.91 Å². The molecule has 2 aromatic carbocycles. The number of nitro benzene ring substituents is 1. The van der Waals surface area contributed by atoms with Crippen LogP contribution < -0.4 is 11.1 Å². The van der Waals surface area contributed by atoms with Crippen LogP contribution in [0.4, 0.5) is 5.69 Å². The molecule has 0 bridgehead atoms. The second-order valence-corrected chi connectivity index (χ2v) is 7.19. The smallest absolute Gasteiger partial charge is 0.407 e. The van der Waals surface area contributed by atoms with Gasteiger partial charge in [0.05, 0.1) is 27.5 Å². The summed E-state index contributed by atoms with van der Waals surface area (Å²) in [5.74, 6) is 0.199. The lowest BCUT2D eigenvalue weighted by Crippen LogP contribution is -2.25. The summed E-state index contributed by atoms with van der Waals surface area (Å²) in [7, 11) is 0. The van der Waals surface area contributed by atoms with Gasteiger partial charge in [0.1, 0.15) is 5.82 Å². The van der Waals surface area contributed by atoms with Gasteiger partial charge in [-0.3, -0.25) is 19.5 Å². The van der Waals surface area contributed by atoms with Crippen molar-refractivity contribution in [2.45, 2.75) is 32.2 Å². The van der Waals surface area contributed by atoms with Crippen LogP contribution in [0.1, 0.15) is 25.1 Å². The Hall–Kier alpha value is -3.95. The van der Waals surface area contributed by atoms with Gasteiger partial charge >= 0.3 is 5.76 Å². The summed E-state index contributed by atoms with van der Waals surface area (Å²) >= 11 is 0. The minimum absolute atomic E-state index is 0.0962. The molecule has 0 saturated carbocycles. The van der Waals surface area contributed by atoms with Crippen LogP contribution in [0.25, 0.3) is 22.1 Å². The first-order valence-corrected chi connectivity index (χ1v) is 9.99. The van der Waals surface area contributed by atoms with Gasteiger partial charge in [0.25, 0.3) is 5.69 Å². The molecule has 0 aliphatic heterocycles. The monoisotopic (exact) mass is 423 g/mol. The molecule has 0 atom stereocenters. The van der Waals surface area contributed by atoms with Gasteiger partial charge in [-0.15, -0.1) is 0 Å². The van der Waals surface area contributed by atoms with Crippen LogP contribution in [0.15, 0.2) is 51.7 Å². The number of nitro groups is 1. The standard InChI is InChI=1S/C21H21N5O5/c27-20(22-11-3-7-19-23-15-5-1-2-6-16(15)24-19)8-4-12-25-17-10-9-14(26(29)30)13-18(17)31-21(25)28/h1-2,5-6,9-10,13H,3-4,7-8,11-12H2,(H,22,27)(H,23,24). The van der Waals surface area contributed by atoms with E-state index >= 15 is 0 Å². The van der Waals surface area contributed by atoms with Gasteiger partial charge in [-0.2, -0.15) is 0 Å². The highest BCUT2D eigenvalue weighted by Crippen LogP contribution is 2.20. The van der Waals surface area contributed by atoms with Crippen molar-refractivity contribution < 1.29 is 14.1 Å². The lowest BCUT2D eigenvalue weighted by molar-refractivity contribution is -0.384. The molecule has 2 heterocycles. The Morgan fingerprint density at radius 2 is 2.06 bits per heavy atom. The van der Waals surface area contributed by atoms with Crippen molar-refractivity contribution >= 4 is 33.7 Å². The Bertz CT molecular complexity index is 1270. The first kappa shape index (κ1) is 20.3. The third kappa shape index (κ3) is 4.63. The highest BCUT2D eigenvalue weighted by molar-refractivity contribution is 5.77. The number of aryl methyl sites for hydroxylation is 2. The van der Waals surface area contributed by atoms with Gasteiger partial charge in [-0.05, 0) is 31.0 Å². The van der Waals surface area contributed by atoms with E-state index in [0.29, 0.717) is 18.5 Å². The molecule has 4 aromatic rings. The maximum atomic E-state index is 12.1. The Morgan fingerprint density at radius 3 is 2.87 bits per heavy atom. The summed E-state index contributed by atoms with van der Waals surface area (Å²) in [6, 6.07) is 11.9. The zero-order valence-electron chi connectivity index (χ0n) is 16.7. The third-order valence-electron chi connectivity index (χ3n) is 5.00. The fourth-order valence-corrected chi connectivity index (χ4v) is 3.47. The number of carbonyl (C=O) groups is 1. The maximum Gasteiger partial charge on any atom is 0.419 e. The number of hydrogen-bond acceptors (Lipinski definition) is 6. The van der Waals surface area contributed by atoms with Crippen LogP contribution in [0.5, 0.6) is 0 Å². The maximum absolute atomic E-state index is 12.1. The van der Waals surface area contributed by atoms with E-state index in [-0.39, 0.29) is 30.1 Å². The Balaban J connectivity index is 1.22. The second-order valence-electron chi connectivity index (χ2n) is 7.19. The van der Waals surface area contributed by atoms with Crippen molar-refractivity contribution in [2.24, 2.45) is 0 Å². The molecule has 31 heavy (non-hydrogen) atoms. The number of oxazole rings is 1. The van der Waals surface area contributed by atoms with Crippen LogP contribution in [0.3, 0.4) is 0 Å². The van der Waals surface area contributed by atoms with Gasteiger partial charge in [-0.25, -0.2) is 9.78 Å². The highest BCUT2D eigenvalue weighted by Gasteiger charge is 2.14. The molecule has 10 heteroatoms. The number of imidazole rings is 1. The second kappa shape index (κ2) is 8.82. The topological polar surface area (TPSA) is 136 Å². The number of para-hydroxylation sites is 2. The Morgan fingerprint density at radius 1 is 1.23 bits per heavy atom. The summed E-state index contributed by atoms with van der Waals surface area (Å²) in [4.78, 5) is 42.2. The van der Waals surface area contributed by atoms with Crippen molar-refractivity contribution in [2.75, 3.05) is 6.54 Å². The average molecular weight is 423 g/mol. The van der Waals surface area contributed by atoms with E-state index < -0.39 is 10.7 Å². The van der Waals surface area contributed by atoms with Crippen LogP contribution in [0, 0.1) is 10.1 Å². The summed E-state index contributed by atoms with van der Waals surface area (Å²) in [5, 5.41) is 13.7. The predicted molar refractivity (Wildman–Crippen MR) is 114 cm³/mol. The number of nitrogens with one attached hydrogen (secondary N) is 2. The molecule has 0 aliphatic carbocycles. The lowest BCUT2D eigenvalue weighted by atomic mass is 10.2. The van der Waals surface area contributed by atoms with Gasteiger partial charge in [0.15, 0.2) is 5.58 Å². The first-order chi connectivity index (χ1) is 15.0. The highest BCUT2D eigenvalue weighted by atomic mass is 16.6. The van der Waals surface area contributed by atoms with Crippen molar-refractivity contribution in [1.29, 1.82) is 0 Å². The van der Waals surface area contributed by atoms with E-state index in [1.807, 2.05) is 24.3 Å². The SMILES string of the molecule is O=C(CCCn1c(=O)oc2cc([N+](=O)[O-])ccc21)NCCCc1nc2ccccc2[nH]1. The Labute approximate surface area is 176 Å². The molecule has 0 saturated heterocycles. The van der Waals surface area contributed by atoms with Crippen LogP contribution in [-0.4, -0.2) is 31.9 Å². The zero-order valence-corrected chi connectivity index (χ0v) is 16.7. The molecule has 1 amide bonds. The van der Waals surface area contributed by atoms with Crippen molar-refractivity contribution in [3.05, 3.63) is 69.0 Å². The number of hydrogen-bond donors (Lipinski definition) is 2. The van der Waals surface area contributed by atoms with E-state index in [1.54, 1.807) is 0 Å². The number of non-ortho nitro benzene ring substituents is 1. The largest absolute Gasteiger partial charge is 0.419 e. The summed E-state index contributed by atoms with van der Waals surface area (Å²) in [6.07, 6.45) is 2.20. The van der Waals surface area contributed by atoms with E-state index in [1.165, 1.54) is 22.8 Å². The number of nitrogens with zero attached hydrogens (tertiary/aromatic N) is 3. The minimum atomic E-state index is -0.596. The van der Waals surface area contributed by atoms with Crippen LogP contribution in [0.2, 0.25) is 0 Å². The molecular formula is C21H21N5O5. The summed E-state index contributed by atoms with van der Waals surface area (Å²) in [5.41, 5.74) is 2.42. The van der Waals surface area contributed by atoms with Crippen molar-refractivity contribution in [1.82, 2.24) is 19.9 Å². The van der Waals surface area contributed by atoms with E-state index in [4.69, 9.17) is 4.42 Å². The number of fused-ring (bicyclic) bond motifs is 2. The number of amides is 1. The molecule has 0 spiro atoms. The number of carbonyl (C=O) groups excluding carboxylic acids is 1. The van der Waals surface area contributed by atoms with Gasteiger partial charge in [-0.1, -0.05) is 12.1 Å². The van der Waals surface area contributed by atoms with Gasteiger partial charge < -0.3 is 14.7 Å². The van der Waals surface area contributed by atoms with Gasteiger partial charge in [0, 0.05) is 32.0 Å². The molecule has 10 nitrogen and oxygen atoms in total. The van der Waals surface area contributed by atoms with E-state index in [2.05, 4.69) is 15.3 Å². The predicted octanol–water partition coefficient (Wildman–Crippen LogP) is 2.91. The summed E-state index contributed by atoms with van der Waals surface area (Å²) in [6.45, 7) is 0.824. The zero-order chi connectivity index (χ0) is 21.8. The molecule has 160 valence electrons. The fraction of sp³-hybridized carbons (Fsp3) is 0.286. The molecule has 4 rings (SSSR count). The van der Waals surface area contributed by atoms with Crippen LogP contribution >= 0.6 is 0 Å². The molecular weight excluding hydrogens is 402 g/mol. The number of H-pyrrole nitrogens is 1. The van der Waals surface area contributed by atoms with Crippen molar-refractivity contribution in [3.63, 3.8) is 0 Å².